The summed E-state index contributed by atoms with van der Waals surface area (Å²) in [5.41, 5.74) is 23.6. The Balaban J connectivity index is 0.00000316. The fraction of sp³-hybridized carbons (Fsp3) is 0.375. The third kappa shape index (κ3) is 11.0. The van der Waals surface area contributed by atoms with Crippen LogP contribution < -0.4 is 33.0 Å². The van der Waals surface area contributed by atoms with E-state index in [0.29, 0.717) is 25.4 Å². The molecule has 0 bridgehead atoms. The summed E-state index contributed by atoms with van der Waals surface area (Å²) in [7, 11) is 0. The molecular formula is C24H36ClN9O2. The van der Waals surface area contributed by atoms with Gasteiger partial charge in [0.05, 0.1) is 12.4 Å². The molecule has 0 aliphatic carbocycles. The van der Waals surface area contributed by atoms with Crippen LogP contribution in [0.3, 0.4) is 0 Å². The highest BCUT2D eigenvalue weighted by molar-refractivity contribution is 6.31. The standard InChI is InChI=1S/C22H30ClN9O2.C2H6/c1-2-28-16(24)7-5-13-34-15-10-8-14(9-11-15)6-3-4-12-29-22(27)32-21(33)17-19(25)31-20(26)18(23)30-17;1-2/h2,8-11H,1,3-7,12-13H2,(H2,24,28)(H4,25,26,31)(H3,27,29,32,33);1-2H3. The SMILES string of the molecule is C=CN=C(N)CCCOc1ccc(CCCCN=C(N)NC(=O)c2nc(Cl)c(N)nc2N)cc1.CC. The molecule has 1 aromatic heterocycles. The Labute approximate surface area is 217 Å². The van der Waals surface area contributed by atoms with E-state index in [2.05, 4.69) is 31.8 Å². The van der Waals surface area contributed by atoms with Gasteiger partial charge in [-0.05, 0) is 43.4 Å². The van der Waals surface area contributed by atoms with E-state index in [1.54, 1.807) is 0 Å². The number of halogens is 1. The summed E-state index contributed by atoms with van der Waals surface area (Å²) in [6.45, 7) is 8.53. The minimum absolute atomic E-state index is 0.0434. The molecule has 1 aromatic carbocycles. The Morgan fingerprint density at radius 3 is 2.47 bits per heavy atom. The summed E-state index contributed by atoms with van der Waals surface area (Å²) in [6.07, 6.45) is 5.45. The number of amidine groups is 1. The Kier molecular flexibility index (Phi) is 14.0. The van der Waals surface area contributed by atoms with Crippen molar-refractivity contribution in [1.82, 2.24) is 15.3 Å². The zero-order valence-electron chi connectivity index (χ0n) is 20.8. The molecule has 11 nitrogen and oxygen atoms in total. The van der Waals surface area contributed by atoms with Crippen LogP contribution in [0.4, 0.5) is 11.6 Å². The van der Waals surface area contributed by atoms with E-state index in [9.17, 15) is 4.79 Å². The highest BCUT2D eigenvalue weighted by atomic mass is 35.5. The van der Waals surface area contributed by atoms with Crippen molar-refractivity contribution in [3.8, 4) is 5.75 Å². The number of hydrogen-bond donors (Lipinski definition) is 5. The average molecular weight is 518 g/mol. The normalized spacial score (nSPS) is 11.3. The summed E-state index contributed by atoms with van der Waals surface area (Å²) >= 11 is 5.78. The van der Waals surface area contributed by atoms with E-state index in [4.69, 9.17) is 39.3 Å². The zero-order chi connectivity index (χ0) is 26.9. The van der Waals surface area contributed by atoms with Crippen LogP contribution in [-0.2, 0) is 6.42 Å². The molecule has 12 heteroatoms. The monoisotopic (exact) mass is 517 g/mol. The second-order valence-corrected chi connectivity index (χ2v) is 7.57. The number of guanidine groups is 1. The lowest BCUT2D eigenvalue weighted by Gasteiger charge is -2.08. The Morgan fingerprint density at radius 1 is 1.11 bits per heavy atom. The van der Waals surface area contributed by atoms with Gasteiger partial charge >= 0.3 is 0 Å². The second-order valence-electron chi connectivity index (χ2n) is 7.21. The van der Waals surface area contributed by atoms with Gasteiger partial charge in [-0.3, -0.25) is 15.1 Å². The van der Waals surface area contributed by atoms with Gasteiger partial charge in [0.1, 0.15) is 5.75 Å². The first-order valence-corrected chi connectivity index (χ1v) is 12.0. The van der Waals surface area contributed by atoms with E-state index >= 15 is 0 Å². The molecule has 1 amide bonds. The first kappa shape index (κ1) is 30.2. The third-order valence-corrected chi connectivity index (χ3v) is 4.82. The minimum Gasteiger partial charge on any atom is -0.494 e. The van der Waals surface area contributed by atoms with Gasteiger partial charge in [0.2, 0.25) is 0 Å². The number of nitrogens with one attached hydrogen (secondary N) is 1. The number of unbranched alkanes of at least 4 members (excludes halogenated alkanes) is 1. The van der Waals surface area contributed by atoms with Crippen molar-refractivity contribution in [2.75, 3.05) is 24.6 Å². The molecule has 0 aliphatic rings. The summed E-state index contributed by atoms with van der Waals surface area (Å²) in [6, 6.07) is 7.95. The van der Waals surface area contributed by atoms with Gasteiger partial charge in [-0.15, -0.1) is 0 Å². The maximum Gasteiger partial charge on any atom is 0.280 e. The summed E-state index contributed by atoms with van der Waals surface area (Å²) in [5.74, 6) is 0.445. The molecule has 1 heterocycles. The van der Waals surface area contributed by atoms with Crippen LogP contribution in [0, 0.1) is 0 Å². The van der Waals surface area contributed by atoms with Crippen molar-refractivity contribution < 1.29 is 9.53 Å². The van der Waals surface area contributed by atoms with E-state index in [1.807, 2.05) is 38.1 Å². The number of rotatable bonds is 12. The maximum absolute atomic E-state index is 12.2. The number of nitrogens with zero attached hydrogens (tertiary/aromatic N) is 4. The van der Waals surface area contributed by atoms with E-state index in [-0.39, 0.29) is 28.4 Å². The van der Waals surface area contributed by atoms with E-state index in [1.165, 1.54) is 11.8 Å². The van der Waals surface area contributed by atoms with Gasteiger partial charge in [0, 0.05) is 19.2 Å². The number of nitrogens with two attached hydrogens (primary N) is 4. The number of benzene rings is 1. The molecule has 0 spiro atoms. The topological polar surface area (TPSA) is 193 Å². The Morgan fingerprint density at radius 2 is 1.81 bits per heavy atom. The molecule has 36 heavy (non-hydrogen) atoms. The Hall–Kier alpha value is -3.86. The molecule has 0 saturated heterocycles. The van der Waals surface area contributed by atoms with Crippen molar-refractivity contribution in [2.45, 2.75) is 46.0 Å². The molecule has 0 fully saturated rings. The smallest absolute Gasteiger partial charge is 0.280 e. The quantitative estimate of drug-likeness (QED) is 0.161. The van der Waals surface area contributed by atoms with Gasteiger partial charge in [0.25, 0.3) is 5.91 Å². The van der Waals surface area contributed by atoms with Crippen LogP contribution in [0.25, 0.3) is 0 Å². The fourth-order valence-corrected chi connectivity index (χ4v) is 2.97. The largest absolute Gasteiger partial charge is 0.494 e. The number of hydrogen-bond acceptors (Lipinski definition) is 8. The first-order chi connectivity index (χ1) is 17.3. The van der Waals surface area contributed by atoms with Crippen molar-refractivity contribution in [1.29, 1.82) is 0 Å². The van der Waals surface area contributed by atoms with Crippen LogP contribution >= 0.6 is 11.6 Å². The van der Waals surface area contributed by atoms with Crippen LogP contribution in [0.5, 0.6) is 5.75 Å². The lowest BCUT2D eigenvalue weighted by molar-refractivity contribution is 0.0972. The van der Waals surface area contributed by atoms with Crippen LogP contribution in [0.2, 0.25) is 5.15 Å². The van der Waals surface area contributed by atoms with Gasteiger partial charge in [0.15, 0.2) is 28.4 Å². The van der Waals surface area contributed by atoms with Crippen LogP contribution in [-0.4, -0.2) is 40.8 Å². The van der Waals surface area contributed by atoms with Crippen LogP contribution in [0.15, 0.2) is 47.0 Å². The minimum atomic E-state index is -0.663. The molecular weight excluding hydrogens is 482 g/mol. The number of ether oxygens (including phenoxy) is 1. The number of carbonyl (C=O) groups excluding carboxylic acids is 1. The summed E-state index contributed by atoms with van der Waals surface area (Å²) < 4.78 is 5.71. The van der Waals surface area contributed by atoms with Crippen molar-refractivity contribution in [3.63, 3.8) is 0 Å². The van der Waals surface area contributed by atoms with Gasteiger partial charge in [-0.2, -0.15) is 0 Å². The number of nitrogen functional groups attached to an aromatic ring is 2. The van der Waals surface area contributed by atoms with E-state index < -0.39 is 5.91 Å². The lowest BCUT2D eigenvalue weighted by atomic mass is 10.1. The van der Waals surface area contributed by atoms with Crippen molar-refractivity contribution in [2.24, 2.45) is 21.5 Å². The third-order valence-electron chi connectivity index (χ3n) is 4.54. The summed E-state index contributed by atoms with van der Waals surface area (Å²) in [5, 5.41) is 2.29. The number of amides is 1. The number of aryl methyl sites for hydroxylation is 1. The van der Waals surface area contributed by atoms with Gasteiger partial charge < -0.3 is 27.7 Å². The maximum atomic E-state index is 12.2. The molecule has 0 radical (unpaired) electrons. The molecule has 0 atom stereocenters. The highest BCUT2D eigenvalue weighted by Crippen LogP contribution is 2.17. The number of aliphatic imine (C=N–C) groups is 2. The van der Waals surface area contributed by atoms with Gasteiger partial charge in [-0.25, -0.2) is 15.0 Å². The zero-order valence-corrected chi connectivity index (χ0v) is 21.6. The second kappa shape index (κ2) is 16.7. The van der Waals surface area contributed by atoms with Crippen molar-refractivity contribution >= 4 is 40.9 Å². The summed E-state index contributed by atoms with van der Waals surface area (Å²) in [4.78, 5) is 27.8. The molecule has 196 valence electrons. The molecule has 0 saturated carbocycles. The predicted molar refractivity (Wildman–Crippen MR) is 147 cm³/mol. The van der Waals surface area contributed by atoms with Gasteiger partial charge in [-0.1, -0.05) is 44.2 Å². The average Bonchev–Trinajstić information content (AvgIpc) is 2.86. The fourth-order valence-electron chi connectivity index (χ4n) is 2.84. The lowest BCUT2D eigenvalue weighted by Crippen LogP contribution is -2.38. The Bertz CT molecular complexity index is 1040. The molecule has 0 aliphatic heterocycles. The molecule has 0 unspecified atom stereocenters. The predicted octanol–water partition coefficient (Wildman–Crippen LogP) is 3.05. The first-order valence-electron chi connectivity index (χ1n) is 11.6. The molecule has 2 aromatic rings. The number of anilines is 2. The van der Waals surface area contributed by atoms with E-state index in [0.717, 1.165) is 31.4 Å². The number of carbonyl (C=O) groups is 1. The highest BCUT2D eigenvalue weighted by Gasteiger charge is 2.16. The molecule has 2 rings (SSSR count). The number of aromatic nitrogens is 2. The van der Waals surface area contributed by atoms with Crippen LogP contribution in [0.1, 0.15) is 55.6 Å². The van der Waals surface area contributed by atoms with Crippen molar-refractivity contribution in [3.05, 3.63) is 53.5 Å². The molecule has 9 N–H and O–H groups in total.